The smallest absolute Gasteiger partial charge is 0.227 e. The van der Waals surface area contributed by atoms with Gasteiger partial charge < -0.3 is 4.90 Å². The van der Waals surface area contributed by atoms with Crippen molar-refractivity contribution in [3.63, 3.8) is 0 Å². The van der Waals surface area contributed by atoms with Gasteiger partial charge in [-0.3, -0.25) is 9.69 Å². The standard InChI is InChI=1S/C23H28N2O/c1-18-8-10-19(11-9-18)15-24-13-4-7-22(16-24)23(26)25-14-12-20-5-2-3-6-21(20)17-25/h2-3,5-6,8-11,22H,4,7,12-17H2,1H3/t22-/m1/s1. The van der Waals surface area contributed by atoms with Crippen LogP contribution in [0.4, 0.5) is 0 Å². The second-order valence-electron chi connectivity index (χ2n) is 7.84. The van der Waals surface area contributed by atoms with E-state index in [0.717, 1.165) is 52.0 Å². The summed E-state index contributed by atoms with van der Waals surface area (Å²) in [5.41, 5.74) is 5.36. The van der Waals surface area contributed by atoms with Gasteiger partial charge in [0.25, 0.3) is 0 Å². The summed E-state index contributed by atoms with van der Waals surface area (Å²) < 4.78 is 0. The van der Waals surface area contributed by atoms with Gasteiger partial charge in [0.1, 0.15) is 0 Å². The monoisotopic (exact) mass is 348 g/mol. The molecular weight excluding hydrogens is 320 g/mol. The summed E-state index contributed by atoms with van der Waals surface area (Å²) in [6.45, 7) is 6.71. The quantitative estimate of drug-likeness (QED) is 0.842. The Labute approximate surface area is 156 Å². The summed E-state index contributed by atoms with van der Waals surface area (Å²) >= 11 is 0. The van der Waals surface area contributed by atoms with Gasteiger partial charge in [0.15, 0.2) is 0 Å². The molecule has 1 fully saturated rings. The van der Waals surface area contributed by atoms with Crippen molar-refractivity contribution >= 4 is 5.91 Å². The number of nitrogens with zero attached hydrogens (tertiary/aromatic N) is 2. The summed E-state index contributed by atoms with van der Waals surface area (Å²) in [5, 5.41) is 0. The maximum absolute atomic E-state index is 13.1. The molecule has 0 aromatic heterocycles. The highest BCUT2D eigenvalue weighted by Crippen LogP contribution is 2.25. The molecule has 2 aromatic carbocycles. The molecule has 0 unspecified atom stereocenters. The van der Waals surface area contributed by atoms with Gasteiger partial charge in [0.2, 0.25) is 5.91 Å². The van der Waals surface area contributed by atoms with Gasteiger partial charge in [0, 0.05) is 26.2 Å². The van der Waals surface area contributed by atoms with Crippen molar-refractivity contribution in [1.29, 1.82) is 0 Å². The maximum atomic E-state index is 13.1. The lowest BCUT2D eigenvalue weighted by atomic mass is 9.93. The van der Waals surface area contributed by atoms with E-state index in [1.54, 1.807) is 0 Å². The molecule has 136 valence electrons. The first-order valence-electron chi connectivity index (χ1n) is 9.82. The average molecular weight is 348 g/mol. The van der Waals surface area contributed by atoms with E-state index < -0.39 is 0 Å². The van der Waals surface area contributed by atoms with Crippen LogP contribution in [0.2, 0.25) is 0 Å². The number of likely N-dealkylation sites (tertiary alicyclic amines) is 1. The highest BCUT2D eigenvalue weighted by Gasteiger charge is 2.30. The summed E-state index contributed by atoms with van der Waals surface area (Å²) in [4.78, 5) is 17.6. The van der Waals surface area contributed by atoms with Gasteiger partial charge in [0.05, 0.1) is 5.92 Å². The van der Waals surface area contributed by atoms with Gasteiger partial charge in [-0.2, -0.15) is 0 Å². The number of piperidine rings is 1. The molecule has 0 radical (unpaired) electrons. The third-order valence-electron chi connectivity index (χ3n) is 5.82. The second kappa shape index (κ2) is 7.63. The van der Waals surface area contributed by atoms with Crippen LogP contribution < -0.4 is 0 Å². The molecule has 2 aliphatic heterocycles. The number of aryl methyl sites for hydroxylation is 1. The minimum absolute atomic E-state index is 0.152. The molecule has 0 aliphatic carbocycles. The van der Waals surface area contributed by atoms with E-state index in [1.807, 2.05) is 0 Å². The molecule has 1 atom stereocenters. The lowest BCUT2D eigenvalue weighted by Gasteiger charge is -2.36. The molecule has 2 aliphatic rings. The summed E-state index contributed by atoms with van der Waals surface area (Å²) in [5.74, 6) is 0.507. The molecule has 0 bridgehead atoms. The Bertz CT molecular complexity index is 768. The zero-order chi connectivity index (χ0) is 17.9. The van der Waals surface area contributed by atoms with Crippen molar-refractivity contribution in [3.8, 4) is 0 Å². The van der Waals surface area contributed by atoms with Gasteiger partial charge in [-0.05, 0) is 49.4 Å². The number of hydrogen-bond donors (Lipinski definition) is 0. The normalized spacial score (nSPS) is 20.7. The van der Waals surface area contributed by atoms with Crippen LogP contribution in [0.3, 0.4) is 0 Å². The zero-order valence-electron chi connectivity index (χ0n) is 15.7. The Morgan fingerprint density at radius 1 is 1.04 bits per heavy atom. The third-order valence-corrected chi connectivity index (χ3v) is 5.82. The van der Waals surface area contributed by atoms with Crippen molar-refractivity contribution in [1.82, 2.24) is 9.80 Å². The maximum Gasteiger partial charge on any atom is 0.227 e. The van der Waals surface area contributed by atoms with E-state index in [4.69, 9.17) is 0 Å². The van der Waals surface area contributed by atoms with Crippen LogP contribution in [0.15, 0.2) is 48.5 Å². The molecule has 0 saturated carbocycles. The fourth-order valence-electron chi connectivity index (χ4n) is 4.29. The molecule has 3 heteroatoms. The molecule has 1 amide bonds. The molecule has 2 aromatic rings. The Balaban J connectivity index is 1.38. The van der Waals surface area contributed by atoms with E-state index in [2.05, 4.69) is 65.3 Å². The summed E-state index contributed by atoms with van der Waals surface area (Å²) in [7, 11) is 0. The molecular formula is C23H28N2O. The van der Waals surface area contributed by atoms with Crippen LogP contribution in [0.25, 0.3) is 0 Å². The summed E-state index contributed by atoms with van der Waals surface area (Å²) in [6.07, 6.45) is 3.13. The molecule has 2 heterocycles. The van der Waals surface area contributed by atoms with Crippen LogP contribution in [0.5, 0.6) is 0 Å². The highest BCUT2D eigenvalue weighted by atomic mass is 16.2. The predicted octanol–water partition coefficient (Wildman–Crippen LogP) is 3.79. The first-order valence-corrected chi connectivity index (χ1v) is 9.82. The van der Waals surface area contributed by atoms with E-state index in [-0.39, 0.29) is 5.92 Å². The van der Waals surface area contributed by atoms with Crippen LogP contribution in [-0.4, -0.2) is 35.3 Å². The number of amides is 1. The van der Waals surface area contributed by atoms with Crippen molar-refractivity contribution in [2.24, 2.45) is 5.92 Å². The first kappa shape index (κ1) is 17.3. The van der Waals surface area contributed by atoms with Gasteiger partial charge in [-0.1, -0.05) is 54.1 Å². The van der Waals surface area contributed by atoms with Crippen molar-refractivity contribution in [2.45, 2.75) is 39.3 Å². The zero-order valence-corrected chi connectivity index (χ0v) is 15.7. The number of rotatable bonds is 3. The largest absolute Gasteiger partial charge is 0.338 e. The van der Waals surface area contributed by atoms with Gasteiger partial charge in [-0.25, -0.2) is 0 Å². The third kappa shape index (κ3) is 3.83. The number of carbonyl (C=O) groups is 1. The fourth-order valence-corrected chi connectivity index (χ4v) is 4.29. The Morgan fingerprint density at radius 3 is 2.62 bits per heavy atom. The van der Waals surface area contributed by atoms with Crippen LogP contribution in [0.1, 0.15) is 35.1 Å². The molecule has 0 spiro atoms. The topological polar surface area (TPSA) is 23.6 Å². The van der Waals surface area contributed by atoms with Crippen molar-refractivity contribution in [2.75, 3.05) is 19.6 Å². The van der Waals surface area contributed by atoms with Crippen molar-refractivity contribution < 1.29 is 4.79 Å². The van der Waals surface area contributed by atoms with Gasteiger partial charge in [-0.15, -0.1) is 0 Å². The predicted molar refractivity (Wildman–Crippen MR) is 105 cm³/mol. The first-order chi connectivity index (χ1) is 12.7. The summed E-state index contributed by atoms with van der Waals surface area (Å²) in [6, 6.07) is 17.3. The van der Waals surface area contributed by atoms with Gasteiger partial charge >= 0.3 is 0 Å². The Morgan fingerprint density at radius 2 is 1.81 bits per heavy atom. The Kier molecular flexibility index (Phi) is 5.07. The van der Waals surface area contributed by atoms with E-state index in [0.29, 0.717) is 5.91 Å². The molecule has 4 rings (SSSR count). The van der Waals surface area contributed by atoms with E-state index in [9.17, 15) is 4.79 Å². The number of carbonyl (C=O) groups excluding carboxylic acids is 1. The number of fused-ring (bicyclic) bond motifs is 1. The SMILES string of the molecule is Cc1ccc(CN2CCC[C@@H](C(=O)N3CCc4ccccc4C3)C2)cc1. The van der Waals surface area contributed by atoms with E-state index >= 15 is 0 Å². The molecule has 1 saturated heterocycles. The number of benzene rings is 2. The highest BCUT2D eigenvalue weighted by molar-refractivity contribution is 5.79. The average Bonchev–Trinajstić information content (AvgIpc) is 2.69. The Hall–Kier alpha value is -2.13. The van der Waals surface area contributed by atoms with Crippen LogP contribution >= 0.6 is 0 Å². The van der Waals surface area contributed by atoms with Crippen molar-refractivity contribution in [3.05, 3.63) is 70.8 Å². The molecule has 0 N–H and O–H groups in total. The molecule has 3 nitrogen and oxygen atoms in total. The lowest BCUT2D eigenvalue weighted by Crippen LogP contribution is -2.46. The van der Waals surface area contributed by atoms with E-state index in [1.165, 1.54) is 22.3 Å². The fraction of sp³-hybridized carbons (Fsp3) is 0.435. The molecule has 26 heavy (non-hydrogen) atoms. The minimum atomic E-state index is 0.152. The number of hydrogen-bond acceptors (Lipinski definition) is 2. The lowest BCUT2D eigenvalue weighted by molar-refractivity contribution is -0.138. The van der Waals surface area contributed by atoms with Crippen LogP contribution in [-0.2, 0) is 24.3 Å². The van der Waals surface area contributed by atoms with Crippen LogP contribution in [0, 0.1) is 12.8 Å². The second-order valence-corrected chi connectivity index (χ2v) is 7.84. The minimum Gasteiger partial charge on any atom is -0.338 e.